The predicted molar refractivity (Wildman–Crippen MR) is 166 cm³/mol. The maximum atomic E-state index is 12.1. The number of esters is 3. The summed E-state index contributed by atoms with van der Waals surface area (Å²) in [7, 11) is 0. The Morgan fingerprint density at radius 2 is 0.857 bits per heavy atom. The van der Waals surface area contributed by atoms with Gasteiger partial charge in [-0.05, 0) is 12.8 Å². The summed E-state index contributed by atoms with van der Waals surface area (Å²) >= 11 is 0. The standard InChI is InChI=1S/C34H62O8/c1-3-5-7-9-10-11-12-13-14-15-16-17-18-19-20-21-23-25-27-41-31(36)28-34(40,33(38)39)29-32(37)42-30(35)26-24-22-8-6-4-2/h40H,3-29H2,1-2H3,(H,38,39). The molecule has 246 valence electrons. The average Bonchev–Trinajstić information content (AvgIpc) is 2.93. The molecule has 0 bridgehead atoms. The fourth-order valence-corrected chi connectivity index (χ4v) is 5.02. The first-order valence-electron chi connectivity index (χ1n) is 17.1. The Kier molecular flexibility index (Phi) is 26.5. The second-order valence-corrected chi connectivity index (χ2v) is 11.9. The lowest BCUT2D eigenvalue weighted by molar-refractivity contribution is -0.175. The van der Waals surface area contributed by atoms with Crippen molar-refractivity contribution in [3.05, 3.63) is 0 Å². The molecule has 0 aromatic heterocycles. The van der Waals surface area contributed by atoms with Crippen LogP contribution in [-0.4, -0.2) is 46.3 Å². The molecule has 42 heavy (non-hydrogen) atoms. The first-order valence-corrected chi connectivity index (χ1v) is 17.1. The Morgan fingerprint density at radius 1 is 0.500 bits per heavy atom. The van der Waals surface area contributed by atoms with Crippen molar-refractivity contribution in [2.75, 3.05) is 6.61 Å². The minimum absolute atomic E-state index is 0.0440. The number of rotatable bonds is 30. The van der Waals surface area contributed by atoms with E-state index in [4.69, 9.17) is 4.74 Å². The van der Waals surface area contributed by atoms with E-state index >= 15 is 0 Å². The Balaban J connectivity index is 3.81. The molecular weight excluding hydrogens is 536 g/mol. The number of carboxylic acid groups (broad SMARTS) is 1. The molecule has 0 radical (unpaired) electrons. The third-order valence-electron chi connectivity index (χ3n) is 7.74. The van der Waals surface area contributed by atoms with Gasteiger partial charge in [0.15, 0.2) is 5.60 Å². The number of carboxylic acids is 1. The van der Waals surface area contributed by atoms with Gasteiger partial charge in [0.2, 0.25) is 0 Å². The van der Waals surface area contributed by atoms with Crippen LogP contribution in [0.1, 0.15) is 181 Å². The lowest BCUT2D eigenvalue weighted by Crippen LogP contribution is -2.43. The summed E-state index contributed by atoms with van der Waals surface area (Å²) in [6.45, 7) is 4.47. The van der Waals surface area contributed by atoms with Gasteiger partial charge in [-0.1, -0.05) is 149 Å². The second-order valence-electron chi connectivity index (χ2n) is 11.9. The van der Waals surface area contributed by atoms with Crippen molar-refractivity contribution in [1.82, 2.24) is 0 Å². The zero-order valence-electron chi connectivity index (χ0n) is 26.9. The maximum absolute atomic E-state index is 12.1. The van der Waals surface area contributed by atoms with E-state index in [9.17, 15) is 29.4 Å². The quantitative estimate of drug-likeness (QED) is 0.0478. The summed E-state index contributed by atoms with van der Waals surface area (Å²) in [5.41, 5.74) is -2.68. The zero-order valence-corrected chi connectivity index (χ0v) is 26.9. The molecule has 0 aromatic carbocycles. The molecular formula is C34H62O8. The van der Waals surface area contributed by atoms with E-state index in [1.165, 1.54) is 89.9 Å². The molecule has 0 rings (SSSR count). The molecule has 0 saturated heterocycles. The highest BCUT2D eigenvalue weighted by Crippen LogP contribution is 2.19. The fourth-order valence-electron chi connectivity index (χ4n) is 5.02. The van der Waals surface area contributed by atoms with Crippen molar-refractivity contribution < 1.29 is 38.9 Å². The molecule has 1 unspecified atom stereocenters. The third kappa shape index (κ3) is 24.6. The van der Waals surface area contributed by atoms with E-state index in [0.29, 0.717) is 12.8 Å². The van der Waals surface area contributed by atoms with Crippen LogP contribution >= 0.6 is 0 Å². The van der Waals surface area contributed by atoms with Crippen LogP contribution in [0, 0.1) is 0 Å². The lowest BCUT2D eigenvalue weighted by Gasteiger charge is -2.21. The maximum Gasteiger partial charge on any atom is 0.336 e. The number of carbonyl (C=O) groups is 4. The van der Waals surface area contributed by atoms with Gasteiger partial charge in [-0.3, -0.25) is 14.4 Å². The summed E-state index contributed by atoms with van der Waals surface area (Å²) in [5.74, 6) is -4.57. The van der Waals surface area contributed by atoms with Gasteiger partial charge in [-0.15, -0.1) is 0 Å². The number of hydrogen-bond donors (Lipinski definition) is 2. The SMILES string of the molecule is CCCCCCCCCCCCCCCCCCCCOC(=O)CC(O)(CC(=O)OC(=O)CCCCCCC)C(=O)O. The molecule has 1 atom stereocenters. The second kappa shape index (κ2) is 27.8. The van der Waals surface area contributed by atoms with Gasteiger partial charge in [0.05, 0.1) is 19.4 Å². The number of carbonyl (C=O) groups excluding carboxylic acids is 3. The van der Waals surface area contributed by atoms with Gasteiger partial charge in [0.25, 0.3) is 0 Å². The molecule has 0 aliphatic rings. The molecule has 0 aromatic rings. The van der Waals surface area contributed by atoms with Crippen LogP contribution in [0.3, 0.4) is 0 Å². The van der Waals surface area contributed by atoms with Crippen molar-refractivity contribution in [3.63, 3.8) is 0 Å². The van der Waals surface area contributed by atoms with Gasteiger partial charge in [0.1, 0.15) is 0 Å². The van der Waals surface area contributed by atoms with Gasteiger partial charge < -0.3 is 19.7 Å². The Labute approximate surface area is 255 Å². The molecule has 8 nitrogen and oxygen atoms in total. The lowest BCUT2D eigenvalue weighted by atomic mass is 9.96. The smallest absolute Gasteiger partial charge is 0.336 e. The Hall–Kier alpha value is -1.96. The monoisotopic (exact) mass is 598 g/mol. The number of hydrogen-bond acceptors (Lipinski definition) is 7. The van der Waals surface area contributed by atoms with Gasteiger partial charge >= 0.3 is 23.9 Å². The topological polar surface area (TPSA) is 127 Å². The van der Waals surface area contributed by atoms with Crippen LogP contribution in [0.15, 0.2) is 0 Å². The van der Waals surface area contributed by atoms with Crippen molar-refractivity contribution >= 4 is 23.9 Å². The first kappa shape index (κ1) is 40.0. The largest absolute Gasteiger partial charge is 0.479 e. The van der Waals surface area contributed by atoms with E-state index < -0.39 is 42.3 Å². The fraction of sp³-hybridized carbons (Fsp3) is 0.882. The minimum atomic E-state index is -2.68. The van der Waals surface area contributed by atoms with Crippen LogP contribution in [0.4, 0.5) is 0 Å². The Bertz CT molecular complexity index is 708. The van der Waals surface area contributed by atoms with Crippen LogP contribution < -0.4 is 0 Å². The number of aliphatic hydroxyl groups is 1. The van der Waals surface area contributed by atoms with Crippen LogP contribution in [-0.2, 0) is 28.7 Å². The highest BCUT2D eigenvalue weighted by atomic mass is 16.6. The van der Waals surface area contributed by atoms with Crippen molar-refractivity contribution in [1.29, 1.82) is 0 Å². The van der Waals surface area contributed by atoms with E-state index in [0.717, 1.165) is 44.9 Å². The number of ether oxygens (including phenoxy) is 2. The van der Waals surface area contributed by atoms with E-state index in [2.05, 4.69) is 18.6 Å². The van der Waals surface area contributed by atoms with E-state index in [1.54, 1.807) is 0 Å². The summed E-state index contributed by atoms with van der Waals surface area (Å²) in [4.78, 5) is 47.5. The molecule has 0 heterocycles. The summed E-state index contributed by atoms with van der Waals surface area (Å²) < 4.78 is 9.72. The zero-order chi connectivity index (χ0) is 31.3. The third-order valence-corrected chi connectivity index (χ3v) is 7.74. The van der Waals surface area contributed by atoms with Crippen molar-refractivity contribution in [2.45, 2.75) is 186 Å². The van der Waals surface area contributed by atoms with Crippen molar-refractivity contribution in [3.8, 4) is 0 Å². The highest BCUT2D eigenvalue weighted by molar-refractivity contribution is 5.92. The average molecular weight is 599 g/mol. The molecule has 0 aliphatic carbocycles. The molecule has 0 amide bonds. The van der Waals surface area contributed by atoms with Crippen molar-refractivity contribution in [2.24, 2.45) is 0 Å². The minimum Gasteiger partial charge on any atom is -0.479 e. The molecule has 0 saturated carbocycles. The van der Waals surface area contributed by atoms with Crippen LogP contribution in [0.2, 0.25) is 0 Å². The molecule has 0 fully saturated rings. The number of unbranched alkanes of at least 4 members (excludes halogenated alkanes) is 21. The molecule has 0 spiro atoms. The summed E-state index contributed by atoms with van der Waals surface area (Å²) in [6, 6.07) is 0. The molecule has 8 heteroatoms. The number of aliphatic carboxylic acids is 1. The van der Waals surface area contributed by atoms with E-state index in [-0.39, 0.29) is 13.0 Å². The highest BCUT2D eigenvalue weighted by Gasteiger charge is 2.42. The molecule has 0 aliphatic heterocycles. The Morgan fingerprint density at radius 3 is 1.26 bits per heavy atom. The predicted octanol–water partition coefficient (Wildman–Crippen LogP) is 8.60. The normalized spacial score (nSPS) is 12.5. The molecule has 2 N–H and O–H groups in total. The van der Waals surface area contributed by atoms with Gasteiger partial charge in [-0.2, -0.15) is 0 Å². The summed E-state index contributed by atoms with van der Waals surface area (Å²) in [5, 5.41) is 19.7. The van der Waals surface area contributed by atoms with Crippen LogP contribution in [0.25, 0.3) is 0 Å². The van der Waals surface area contributed by atoms with Crippen LogP contribution in [0.5, 0.6) is 0 Å². The van der Waals surface area contributed by atoms with E-state index in [1.807, 2.05) is 0 Å². The first-order chi connectivity index (χ1) is 20.2. The van der Waals surface area contributed by atoms with Gasteiger partial charge in [0, 0.05) is 6.42 Å². The van der Waals surface area contributed by atoms with Gasteiger partial charge in [-0.25, -0.2) is 4.79 Å². The summed E-state index contributed by atoms with van der Waals surface area (Å²) in [6.07, 6.45) is 25.3.